The third kappa shape index (κ3) is 4.51. The van der Waals surface area contributed by atoms with Gasteiger partial charge in [0.1, 0.15) is 6.33 Å². The third-order valence-corrected chi connectivity index (χ3v) is 6.73. The summed E-state index contributed by atoms with van der Waals surface area (Å²) in [5.74, 6) is -0.407. The molecule has 0 spiro atoms. The zero-order valence-electron chi connectivity index (χ0n) is 15.5. The van der Waals surface area contributed by atoms with Crippen molar-refractivity contribution >= 4 is 21.6 Å². The van der Waals surface area contributed by atoms with Crippen molar-refractivity contribution in [3.63, 3.8) is 0 Å². The molecule has 0 aliphatic carbocycles. The lowest BCUT2D eigenvalue weighted by molar-refractivity contribution is -0.120. The van der Waals surface area contributed by atoms with Crippen LogP contribution in [0.15, 0.2) is 24.5 Å². The number of carbonyl (C=O) groups is 1. The molecule has 0 unspecified atom stereocenters. The predicted octanol–water partition coefficient (Wildman–Crippen LogP) is 1.36. The maximum absolute atomic E-state index is 12.7. The number of piperidine rings is 1. The molecule has 1 aromatic heterocycles. The second-order valence-corrected chi connectivity index (χ2v) is 8.85. The molecule has 1 aliphatic rings. The van der Waals surface area contributed by atoms with Crippen LogP contribution in [-0.4, -0.2) is 57.7 Å². The zero-order chi connectivity index (χ0) is 19.4. The number of sulfonamides is 1. The maximum Gasteiger partial charge on any atom is 0.228 e. The minimum Gasteiger partial charge on any atom is -0.326 e. The van der Waals surface area contributed by atoms with Gasteiger partial charge in [0.15, 0.2) is 0 Å². The molecule has 2 heterocycles. The van der Waals surface area contributed by atoms with E-state index >= 15 is 0 Å². The van der Waals surface area contributed by atoms with Crippen LogP contribution in [0.3, 0.4) is 0 Å². The van der Waals surface area contributed by atoms with Crippen molar-refractivity contribution in [3.8, 4) is 5.69 Å². The number of amides is 1. The van der Waals surface area contributed by atoms with Crippen molar-refractivity contribution in [2.45, 2.75) is 33.1 Å². The molecule has 1 fully saturated rings. The summed E-state index contributed by atoms with van der Waals surface area (Å²) >= 11 is 0. The van der Waals surface area contributed by atoms with E-state index in [9.17, 15) is 13.2 Å². The van der Waals surface area contributed by atoms with Crippen molar-refractivity contribution in [2.24, 2.45) is 5.92 Å². The summed E-state index contributed by atoms with van der Waals surface area (Å²) < 4.78 is 27.6. The summed E-state index contributed by atoms with van der Waals surface area (Å²) in [6, 6.07) is 5.50. The Morgan fingerprint density at radius 1 is 1.37 bits per heavy atom. The number of tetrazole rings is 1. The highest BCUT2D eigenvalue weighted by atomic mass is 32.2. The van der Waals surface area contributed by atoms with E-state index in [1.807, 2.05) is 26.0 Å². The number of hydrogen-bond acceptors (Lipinski definition) is 6. The smallest absolute Gasteiger partial charge is 0.228 e. The Kier molecular flexibility index (Phi) is 5.85. The van der Waals surface area contributed by atoms with Crippen LogP contribution in [0.4, 0.5) is 5.69 Å². The summed E-state index contributed by atoms with van der Waals surface area (Å²) in [5, 5.41) is 14.0. The normalized spacial score (nSPS) is 18.4. The highest BCUT2D eigenvalue weighted by molar-refractivity contribution is 7.89. The average molecular weight is 392 g/mol. The molecule has 1 amide bonds. The summed E-state index contributed by atoms with van der Waals surface area (Å²) in [5.41, 5.74) is 2.37. The largest absolute Gasteiger partial charge is 0.326 e. The molecule has 27 heavy (non-hydrogen) atoms. The topological polar surface area (TPSA) is 110 Å². The first kappa shape index (κ1) is 19.4. The van der Waals surface area contributed by atoms with Gasteiger partial charge in [-0.2, -0.15) is 0 Å². The van der Waals surface area contributed by atoms with E-state index in [0.29, 0.717) is 31.5 Å². The molecule has 9 nitrogen and oxygen atoms in total. The quantitative estimate of drug-likeness (QED) is 0.795. The fourth-order valence-electron chi connectivity index (χ4n) is 3.25. The molecule has 0 radical (unpaired) electrons. The van der Waals surface area contributed by atoms with Gasteiger partial charge in [-0.1, -0.05) is 13.0 Å². The highest BCUT2D eigenvalue weighted by Crippen LogP contribution is 2.23. The maximum atomic E-state index is 12.7. The van der Waals surface area contributed by atoms with Gasteiger partial charge in [0, 0.05) is 18.8 Å². The van der Waals surface area contributed by atoms with E-state index in [1.165, 1.54) is 15.3 Å². The van der Waals surface area contributed by atoms with Crippen LogP contribution >= 0.6 is 0 Å². The number of rotatable bonds is 6. The molecule has 1 saturated heterocycles. The minimum absolute atomic E-state index is 0.120. The van der Waals surface area contributed by atoms with Gasteiger partial charge in [0.2, 0.25) is 15.9 Å². The number of nitrogens with one attached hydrogen (secondary N) is 1. The molecule has 2 aromatic rings. The van der Waals surface area contributed by atoms with E-state index in [1.54, 1.807) is 6.07 Å². The van der Waals surface area contributed by atoms with Gasteiger partial charge in [0.25, 0.3) is 0 Å². The van der Waals surface area contributed by atoms with Crippen LogP contribution in [0.1, 0.15) is 31.7 Å². The van der Waals surface area contributed by atoms with Crippen LogP contribution in [0.25, 0.3) is 5.69 Å². The molecule has 1 atom stereocenters. The number of benzene rings is 1. The molecule has 10 heteroatoms. The summed E-state index contributed by atoms with van der Waals surface area (Å²) in [6.45, 7) is 4.49. The van der Waals surface area contributed by atoms with Gasteiger partial charge in [-0.3, -0.25) is 4.79 Å². The van der Waals surface area contributed by atoms with Crippen molar-refractivity contribution < 1.29 is 13.2 Å². The molecule has 1 N–H and O–H groups in total. The van der Waals surface area contributed by atoms with Crippen LogP contribution < -0.4 is 5.32 Å². The van der Waals surface area contributed by atoms with E-state index in [4.69, 9.17) is 0 Å². The number of aromatic nitrogens is 4. The number of anilines is 1. The molecule has 0 bridgehead atoms. The van der Waals surface area contributed by atoms with Crippen LogP contribution in [0, 0.1) is 12.8 Å². The van der Waals surface area contributed by atoms with Crippen LogP contribution in [0.2, 0.25) is 0 Å². The first-order valence-corrected chi connectivity index (χ1v) is 10.6. The Hall–Kier alpha value is -2.33. The molecule has 1 aliphatic heterocycles. The zero-order valence-corrected chi connectivity index (χ0v) is 16.3. The molecular weight excluding hydrogens is 368 g/mol. The first-order valence-electron chi connectivity index (χ1n) is 9.03. The van der Waals surface area contributed by atoms with Gasteiger partial charge in [-0.15, -0.1) is 5.10 Å². The number of aryl methyl sites for hydroxylation is 1. The number of nitrogens with zero attached hydrogens (tertiary/aromatic N) is 5. The van der Waals surface area contributed by atoms with Crippen LogP contribution in [0.5, 0.6) is 0 Å². The van der Waals surface area contributed by atoms with Crippen molar-refractivity contribution in [3.05, 3.63) is 30.1 Å². The molecule has 1 aromatic carbocycles. The molecular formula is C17H24N6O3S. The Balaban J connectivity index is 1.71. The van der Waals surface area contributed by atoms with Gasteiger partial charge >= 0.3 is 0 Å². The lowest BCUT2D eigenvalue weighted by atomic mass is 9.98. The SMILES string of the molecule is CCCS(=O)(=O)N1CCC[C@@H](C(=O)Nc2ccc(C)c(-n3cnnn3)c2)C1. The number of carbonyl (C=O) groups excluding carboxylic acids is 1. The average Bonchev–Trinajstić information content (AvgIpc) is 3.18. The van der Waals surface area contributed by atoms with Gasteiger partial charge in [-0.05, 0) is 54.3 Å². The third-order valence-electron chi connectivity index (χ3n) is 4.68. The summed E-state index contributed by atoms with van der Waals surface area (Å²) in [6.07, 6.45) is 3.42. The Morgan fingerprint density at radius 2 is 2.19 bits per heavy atom. The monoisotopic (exact) mass is 392 g/mol. The van der Waals surface area contributed by atoms with Crippen LogP contribution in [-0.2, 0) is 14.8 Å². The van der Waals surface area contributed by atoms with Gasteiger partial charge in [0.05, 0.1) is 17.4 Å². The Bertz CT molecular complexity index is 897. The molecule has 3 rings (SSSR count). The molecule has 146 valence electrons. The predicted molar refractivity (Wildman–Crippen MR) is 101 cm³/mol. The second-order valence-electron chi connectivity index (χ2n) is 6.76. The fourth-order valence-corrected chi connectivity index (χ4v) is 4.83. The lowest BCUT2D eigenvalue weighted by Crippen LogP contribution is -2.44. The summed E-state index contributed by atoms with van der Waals surface area (Å²) in [7, 11) is -3.29. The van der Waals surface area contributed by atoms with E-state index in [2.05, 4.69) is 20.8 Å². The van der Waals surface area contributed by atoms with E-state index in [-0.39, 0.29) is 24.1 Å². The van der Waals surface area contributed by atoms with Gasteiger partial charge < -0.3 is 5.32 Å². The van der Waals surface area contributed by atoms with E-state index < -0.39 is 10.0 Å². The fraction of sp³-hybridized carbons (Fsp3) is 0.529. The Labute approximate surface area is 158 Å². The molecule has 0 saturated carbocycles. The van der Waals surface area contributed by atoms with Crippen molar-refractivity contribution in [2.75, 3.05) is 24.2 Å². The lowest BCUT2D eigenvalue weighted by Gasteiger charge is -2.31. The van der Waals surface area contributed by atoms with Gasteiger partial charge in [-0.25, -0.2) is 17.4 Å². The van der Waals surface area contributed by atoms with Crippen molar-refractivity contribution in [1.29, 1.82) is 0 Å². The van der Waals surface area contributed by atoms with E-state index in [0.717, 1.165) is 11.3 Å². The first-order chi connectivity index (χ1) is 12.9. The number of hydrogen-bond donors (Lipinski definition) is 1. The standard InChI is InChI=1S/C17H24N6O3S/c1-3-9-27(25,26)22-8-4-5-14(11-22)17(24)19-15-7-6-13(2)16(10-15)23-12-18-20-21-23/h6-7,10,12,14H,3-5,8-9,11H2,1-2H3,(H,19,24)/t14-/m1/s1. The minimum atomic E-state index is -3.29. The highest BCUT2D eigenvalue weighted by Gasteiger charge is 2.31. The Morgan fingerprint density at radius 3 is 2.89 bits per heavy atom. The second kappa shape index (κ2) is 8.13. The van der Waals surface area contributed by atoms with Crippen molar-refractivity contribution in [1.82, 2.24) is 24.5 Å². The summed E-state index contributed by atoms with van der Waals surface area (Å²) in [4.78, 5) is 12.7.